The van der Waals surface area contributed by atoms with Gasteiger partial charge in [0.1, 0.15) is 5.82 Å². The molecule has 3 amide bonds. The fraction of sp³-hybridized carbons (Fsp3) is 0.0833. The van der Waals surface area contributed by atoms with Crippen LogP contribution in [0.5, 0.6) is 0 Å². The molecule has 9 heteroatoms. The van der Waals surface area contributed by atoms with E-state index in [1.165, 1.54) is 24.3 Å². The molecular formula is C24H21FN4O4. The summed E-state index contributed by atoms with van der Waals surface area (Å²) in [5.41, 5.74) is 2.56. The van der Waals surface area contributed by atoms with Crippen LogP contribution in [-0.4, -0.2) is 40.8 Å². The molecule has 168 valence electrons. The van der Waals surface area contributed by atoms with Crippen molar-refractivity contribution in [2.75, 3.05) is 13.2 Å². The summed E-state index contributed by atoms with van der Waals surface area (Å²) in [7, 11) is 0. The van der Waals surface area contributed by atoms with Gasteiger partial charge in [-0.25, -0.2) is 18.7 Å². The molecule has 0 fully saturated rings. The molecule has 33 heavy (non-hydrogen) atoms. The maximum atomic E-state index is 13.4. The van der Waals surface area contributed by atoms with Gasteiger partial charge in [-0.05, 0) is 42.5 Å². The summed E-state index contributed by atoms with van der Waals surface area (Å²) >= 11 is 0. The van der Waals surface area contributed by atoms with Crippen molar-refractivity contribution >= 4 is 24.0 Å². The first-order valence-electron chi connectivity index (χ1n) is 9.90. The normalized spacial score (nSPS) is 10.6. The minimum absolute atomic E-state index is 0.189. The SMILES string of the molecule is C=CCNC(=O)NC(=O)COC(=O)/C=C/c1cn(-c2ccccc2)nc1-c1ccc(F)cc1. The summed E-state index contributed by atoms with van der Waals surface area (Å²) in [6, 6.07) is 14.4. The third-order valence-electron chi connectivity index (χ3n) is 4.29. The Morgan fingerprint density at radius 1 is 1.09 bits per heavy atom. The van der Waals surface area contributed by atoms with E-state index in [-0.39, 0.29) is 12.4 Å². The molecule has 3 aromatic rings. The van der Waals surface area contributed by atoms with E-state index in [9.17, 15) is 18.8 Å². The Morgan fingerprint density at radius 2 is 1.82 bits per heavy atom. The molecule has 2 aromatic carbocycles. The summed E-state index contributed by atoms with van der Waals surface area (Å²) < 4.78 is 19.9. The summed E-state index contributed by atoms with van der Waals surface area (Å²) in [5, 5.41) is 8.95. The van der Waals surface area contributed by atoms with E-state index in [1.54, 1.807) is 23.0 Å². The molecule has 0 aliphatic rings. The van der Waals surface area contributed by atoms with Gasteiger partial charge in [0.25, 0.3) is 5.91 Å². The summed E-state index contributed by atoms with van der Waals surface area (Å²) in [6.45, 7) is 3.00. The molecule has 0 aliphatic heterocycles. The molecule has 0 radical (unpaired) electrons. The fourth-order valence-corrected chi connectivity index (χ4v) is 2.77. The number of imide groups is 1. The molecule has 2 N–H and O–H groups in total. The van der Waals surface area contributed by atoms with Gasteiger partial charge in [0.05, 0.1) is 11.4 Å². The van der Waals surface area contributed by atoms with E-state index >= 15 is 0 Å². The first-order chi connectivity index (χ1) is 16.0. The lowest BCUT2D eigenvalue weighted by molar-refractivity contribution is -0.143. The lowest BCUT2D eigenvalue weighted by Gasteiger charge is -2.04. The number of amides is 3. The van der Waals surface area contributed by atoms with Crippen molar-refractivity contribution in [3.8, 4) is 16.9 Å². The van der Waals surface area contributed by atoms with Crippen molar-refractivity contribution in [1.82, 2.24) is 20.4 Å². The standard InChI is InChI=1S/C24H21FN4O4/c1-2-14-26-24(32)27-21(30)16-33-22(31)13-10-18-15-29(20-6-4-3-5-7-20)28-23(18)17-8-11-19(25)12-9-17/h2-13,15H,1,14,16H2,(H2,26,27,30,32)/b13-10+. The predicted octanol–water partition coefficient (Wildman–Crippen LogP) is 3.25. The molecule has 0 saturated carbocycles. The van der Waals surface area contributed by atoms with Crippen LogP contribution in [-0.2, 0) is 14.3 Å². The van der Waals surface area contributed by atoms with Gasteiger partial charge in [-0.2, -0.15) is 5.10 Å². The van der Waals surface area contributed by atoms with Crippen molar-refractivity contribution in [2.45, 2.75) is 0 Å². The number of esters is 1. The lowest BCUT2D eigenvalue weighted by atomic mass is 10.1. The first kappa shape index (κ1) is 23.1. The Hall–Kier alpha value is -4.53. The van der Waals surface area contributed by atoms with Gasteiger partial charge < -0.3 is 10.1 Å². The van der Waals surface area contributed by atoms with Crippen molar-refractivity contribution in [2.24, 2.45) is 0 Å². The number of benzene rings is 2. The zero-order chi connectivity index (χ0) is 23.6. The highest BCUT2D eigenvalue weighted by atomic mass is 19.1. The molecule has 0 unspecified atom stereocenters. The number of halogens is 1. The number of aromatic nitrogens is 2. The van der Waals surface area contributed by atoms with Gasteiger partial charge in [0.15, 0.2) is 6.61 Å². The van der Waals surface area contributed by atoms with Gasteiger partial charge >= 0.3 is 12.0 Å². The van der Waals surface area contributed by atoms with Gasteiger partial charge in [-0.15, -0.1) is 6.58 Å². The van der Waals surface area contributed by atoms with Gasteiger partial charge in [-0.3, -0.25) is 10.1 Å². The zero-order valence-electron chi connectivity index (χ0n) is 17.5. The second kappa shape index (κ2) is 11.2. The van der Waals surface area contributed by atoms with E-state index in [0.717, 1.165) is 11.8 Å². The third-order valence-corrected chi connectivity index (χ3v) is 4.29. The second-order valence-electron chi connectivity index (χ2n) is 6.71. The Labute approximate surface area is 189 Å². The molecule has 0 spiro atoms. The number of nitrogens with zero attached hydrogens (tertiary/aromatic N) is 2. The van der Waals surface area contributed by atoms with Gasteiger partial charge in [0, 0.05) is 29.9 Å². The highest BCUT2D eigenvalue weighted by Gasteiger charge is 2.12. The smallest absolute Gasteiger partial charge is 0.331 e. The van der Waals surface area contributed by atoms with E-state index in [1.807, 2.05) is 35.6 Å². The Kier molecular flexibility index (Phi) is 7.85. The van der Waals surface area contributed by atoms with Crippen LogP contribution >= 0.6 is 0 Å². The van der Waals surface area contributed by atoms with Crippen LogP contribution in [0.1, 0.15) is 5.56 Å². The minimum atomic E-state index is -0.783. The number of carbonyl (C=O) groups is 3. The molecule has 0 bridgehead atoms. The zero-order valence-corrected chi connectivity index (χ0v) is 17.5. The van der Waals surface area contributed by atoms with Crippen LogP contribution in [0.4, 0.5) is 9.18 Å². The number of carbonyl (C=O) groups excluding carboxylic acids is 3. The first-order valence-corrected chi connectivity index (χ1v) is 9.90. The van der Waals surface area contributed by atoms with Crippen molar-refractivity contribution in [1.29, 1.82) is 0 Å². The monoisotopic (exact) mass is 448 g/mol. The van der Waals surface area contributed by atoms with E-state index in [2.05, 4.69) is 17.0 Å². The van der Waals surface area contributed by atoms with E-state index in [4.69, 9.17) is 4.74 Å². The van der Waals surface area contributed by atoms with Crippen LogP contribution in [0.2, 0.25) is 0 Å². The molecule has 8 nitrogen and oxygen atoms in total. The molecule has 0 atom stereocenters. The minimum Gasteiger partial charge on any atom is -0.452 e. The third kappa shape index (κ3) is 6.73. The maximum Gasteiger partial charge on any atom is 0.331 e. The van der Waals surface area contributed by atoms with Crippen LogP contribution in [0.3, 0.4) is 0 Å². The van der Waals surface area contributed by atoms with Crippen LogP contribution < -0.4 is 10.6 Å². The lowest BCUT2D eigenvalue weighted by Crippen LogP contribution is -2.41. The Bertz CT molecular complexity index is 1170. The predicted molar refractivity (Wildman–Crippen MR) is 121 cm³/mol. The highest BCUT2D eigenvalue weighted by Crippen LogP contribution is 2.25. The molecule has 1 heterocycles. The number of para-hydroxylation sites is 1. The average molecular weight is 448 g/mol. The Balaban J connectivity index is 1.72. The number of rotatable bonds is 8. The molecule has 3 rings (SSSR count). The average Bonchev–Trinajstić information content (AvgIpc) is 3.25. The number of nitrogens with one attached hydrogen (secondary N) is 2. The largest absolute Gasteiger partial charge is 0.452 e. The molecule has 0 aliphatic carbocycles. The highest BCUT2D eigenvalue weighted by molar-refractivity contribution is 5.96. The molecule has 1 aromatic heterocycles. The maximum absolute atomic E-state index is 13.4. The number of urea groups is 1. The number of hydrogen-bond donors (Lipinski definition) is 2. The topological polar surface area (TPSA) is 102 Å². The van der Waals surface area contributed by atoms with Gasteiger partial charge in [-0.1, -0.05) is 24.3 Å². The van der Waals surface area contributed by atoms with Crippen molar-refractivity contribution in [3.63, 3.8) is 0 Å². The molecule has 0 saturated heterocycles. The van der Waals surface area contributed by atoms with Crippen LogP contribution in [0.15, 0.2) is 79.5 Å². The summed E-state index contributed by atoms with van der Waals surface area (Å²) in [4.78, 5) is 35.1. The number of ether oxygens (including phenoxy) is 1. The van der Waals surface area contributed by atoms with Gasteiger partial charge in [0.2, 0.25) is 0 Å². The summed E-state index contributed by atoms with van der Waals surface area (Å²) in [6.07, 6.45) is 5.80. The van der Waals surface area contributed by atoms with Crippen molar-refractivity contribution in [3.05, 3.63) is 90.9 Å². The van der Waals surface area contributed by atoms with Crippen LogP contribution in [0.25, 0.3) is 23.0 Å². The van der Waals surface area contributed by atoms with E-state index < -0.39 is 24.5 Å². The molecular weight excluding hydrogens is 427 g/mol. The quantitative estimate of drug-likeness (QED) is 0.313. The Morgan fingerprint density at radius 3 is 2.52 bits per heavy atom. The van der Waals surface area contributed by atoms with E-state index in [0.29, 0.717) is 16.8 Å². The second-order valence-corrected chi connectivity index (χ2v) is 6.71. The van der Waals surface area contributed by atoms with Crippen LogP contribution in [0, 0.1) is 5.82 Å². The summed E-state index contributed by atoms with van der Waals surface area (Å²) in [5.74, 6) is -1.94. The number of hydrogen-bond acceptors (Lipinski definition) is 5. The van der Waals surface area contributed by atoms with Crippen molar-refractivity contribution < 1.29 is 23.5 Å². The fourth-order valence-electron chi connectivity index (χ4n) is 2.77.